The SMILES string of the molecule is O=C(Nc1ccc(Br)cn1)c1ccc(-n2cccn2)cc1. The molecule has 0 radical (unpaired) electrons. The Hall–Kier alpha value is -2.47. The molecule has 1 amide bonds. The number of halogens is 1. The van der Waals surface area contributed by atoms with E-state index in [1.807, 2.05) is 30.5 Å². The van der Waals surface area contributed by atoms with Crippen molar-refractivity contribution in [3.05, 3.63) is 71.1 Å². The first kappa shape index (κ1) is 13.5. The Kier molecular flexibility index (Phi) is 3.79. The molecule has 2 heterocycles. The summed E-state index contributed by atoms with van der Waals surface area (Å²) >= 11 is 3.30. The summed E-state index contributed by atoms with van der Waals surface area (Å²) in [6, 6.07) is 12.6. The van der Waals surface area contributed by atoms with Crippen LogP contribution in [0.15, 0.2) is 65.5 Å². The minimum atomic E-state index is -0.197. The summed E-state index contributed by atoms with van der Waals surface area (Å²) in [5.74, 6) is 0.316. The number of anilines is 1. The molecule has 0 aliphatic carbocycles. The highest BCUT2D eigenvalue weighted by Crippen LogP contribution is 2.13. The Morgan fingerprint density at radius 1 is 1.14 bits per heavy atom. The molecule has 5 nitrogen and oxygen atoms in total. The van der Waals surface area contributed by atoms with Crippen molar-refractivity contribution in [1.29, 1.82) is 0 Å². The smallest absolute Gasteiger partial charge is 0.256 e. The van der Waals surface area contributed by atoms with E-state index in [2.05, 4.69) is 31.3 Å². The van der Waals surface area contributed by atoms with Crippen LogP contribution in [0.5, 0.6) is 0 Å². The maximum Gasteiger partial charge on any atom is 0.256 e. The van der Waals surface area contributed by atoms with Crippen LogP contribution in [0.1, 0.15) is 10.4 Å². The quantitative estimate of drug-likeness (QED) is 0.794. The molecule has 3 rings (SSSR count). The number of nitrogens with one attached hydrogen (secondary N) is 1. The second-order valence-electron chi connectivity index (χ2n) is 4.31. The number of benzene rings is 1. The summed E-state index contributed by atoms with van der Waals surface area (Å²) in [4.78, 5) is 16.2. The third-order valence-electron chi connectivity index (χ3n) is 2.87. The van der Waals surface area contributed by atoms with Crippen molar-refractivity contribution >= 4 is 27.7 Å². The normalized spacial score (nSPS) is 10.3. The van der Waals surface area contributed by atoms with Gasteiger partial charge in [0.1, 0.15) is 5.82 Å². The van der Waals surface area contributed by atoms with Gasteiger partial charge < -0.3 is 5.32 Å². The van der Waals surface area contributed by atoms with Crippen molar-refractivity contribution in [2.24, 2.45) is 0 Å². The van der Waals surface area contributed by atoms with Gasteiger partial charge in [0, 0.05) is 28.6 Å². The van der Waals surface area contributed by atoms with E-state index < -0.39 is 0 Å². The monoisotopic (exact) mass is 342 g/mol. The van der Waals surface area contributed by atoms with Crippen LogP contribution >= 0.6 is 15.9 Å². The van der Waals surface area contributed by atoms with Crippen molar-refractivity contribution in [1.82, 2.24) is 14.8 Å². The summed E-state index contributed by atoms with van der Waals surface area (Å²) in [6.07, 6.45) is 5.19. The van der Waals surface area contributed by atoms with Crippen molar-refractivity contribution in [2.45, 2.75) is 0 Å². The molecule has 1 aromatic carbocycles. The number of nitrogens with zero attached hydrogens (tertiary/aromatic N) is 3. The Morgan fingerprint density at radius 3 is 2.57 bits per heavy atom. The van der Waals surface area contributed by atoms with Gasteiger partial charge in [-0.3, -0.25) is 4.79 Å². The van der Waals surface area contributed by atoms with Crippen molar-refractivity contribution < 1.29 is 4.79 Å². The molecule has 0 aliphatic rings. The lowest BCUT2D eigenvalue weighted by atomic mass is 10.2. The average Bonchev–Trinajstić information content (AvgIpc) is 3.04. The number of amides is 1. The number of aromatic nitrogens is 3. The topological polar surface area (TPSA) is 59.8 Å². The molecule has 0 saturated heterocycles. The molecule has 21 heavy (non-hydrogen) atoms. The predicted octanol–water partition coefficient (Wildman–Crippen LogP) is 3.28. The highest BCUT2D eigenvalue weighted by molar-refractivity contribution is 9.10. The van der Waals surface area contributed by atoms with Crippen molar-refractivity contribution in [2.75, 3.05) is 5.32 Å². The van der Waals surface area contributed by atoms with E-state index >= 15 is 0 Å². The molecular weight excluding hydrogens is 332 g/mol. The van der Waals surface area contributed by atoms with Crippen LogP contribution in [0.4, 0.5) is 5.82 Å². The Bertz CT molecular complexity index is 736. The van der Waals surface area contributed by atoms with Crippen LogP contribution < -0.4 is 5.32 Å². The van der Waals surface area contributed by atoms with Gasteiger partial charge in [0.05, 0.1) is 5.69 Å². The number of hydrogen-bond donors (Lipinski definition) is 1. The number of pyridine rings is 1. The summed E-state index contributed by atoms with van der Waals surface area (Å²) in [5, 5.41) is 6.89. The maximum atomic E-state index is 12.1. The van der Waals surface area contributed by atoms with E-state index in [1.54, 1.807) is 35.3 Å². The van der Waals surface area contributed by atoms with E-state index in [0.29, 0.717) is 11.4 Å². The van der Waals surface area contributed by atoms with Gasteiger partial charge in [0.2, 0.25) is 0 Å². The van der Waals surface area contributed by atoms with Crippen LogP contribution in [0, 0.1) is 0 Å². The van der Waals surface area contributed by atoms with E-state index in [4.69, 9.17) is 0 Å². The van der Waals surface area contributed by atoms with Crippen LogP contribution in [0.2, 0.25) is 0 Å². The van der Waals surface area contributed by atoms with Crippen molar-refractivity contribution in [3.63, 3.8) is 0 Å². The van der Waals surface area contributed by atoms with Crippen LogP contribution in [0.3, 0.4) is 0 Å². The molecule has 0 bridgehead atoms. The number of rotatable bonds is 3. The fraction of sp³-hybridized carbons (Fsp3) is 0. The molecule has 0 saturated carbocycles. The summed E-state index contributed by atoms with van der Waals surface area (Å²) < 4.78 is 2.60. The summed E-state index contributed by atoms with van der Waals surface area (Å²) in [5.41, 5.74) is 1.47. The van der Waals surface area contributed by atoms with Gasteiger partial charge in [-0.15, -0.1) is 0 Å². The van der Waals surface area contributed by atoms with E-state index in [9.17, 15) is 4.79 Å². The molecule has 0 fully saturated rings. The second kappa shape index (κ2) is 5.88. The molecule has 0 atom stereocenters. The fourth-order valence-electron chi connectivity index (χ4n) is 1.83. The summed E-state index contributed by atoms with van der Waals surface area (Å²) in [7, 11) is 0. The van der Waals surface area contributed by atoms with Crippen LogP contribution in [-0.2, 0) is 0 Å². The van der Waals surface area contributed by atoms with Gasteiger partial charge in [0.25, 0.3) is 5.91 Å². The molecule has 0 spiro atoms. The molecule has 6 heteroatoms. The Balaban J connectivity index is 1.74. The molecule has 0 unspecified atom stereocenters. The number of hydrogen-bond acceptors (Lipinski definition) is 3. The van der Waals surface area contributed by atoms with Gasteiger partial charge in [-0.25, -0.2) is 9.67 Å². The number of carbonyl (C=O) groups excluding carboxylic acids is 1. The van der Waals surface area contributed by atoms with Gasteiger partial charge in [-0.05, 0) is 58.4 Å². The third-order valence-corrected chi connectivity index (χ3v) is 3.34. The van der Waals surface area contributed by atoms with E-state index in [0.717, 1.165) is 10.2 Å². The average molecular weight is 343 g/mol. The third kappa shape index (κ3) is 3.17. The minimum absolute atomic E-state index is 0.197. The lowest BCUT2D eigenvalue weighted by Gasteiger charge is -2.06. The van der Waals surface area contributed by atoms with Crippen LogP contribution in [-0.4, -0.2) is 20.7 Å². The number of carbonyl (C=O) groups is 1. The lowest BCUT2D eigenvalue weighted by Crippen LogP contribution is -2.12. The molecular formula is C15H11BrN4O. The molecule has 3 aromatic rings. The molecule has 1 N–H and O–H groups in total. The highest BCUT2D eigenvalue weighted by Gasteiger charge is 2.07. The zero-order valence-electron chi connectivity index (χ0n) is 10.9. The van der Waals surface area contributed by atoms with Crippen molar-refractivity contribution in [3.8, 4) is 5.69 Å². The Morgan fingerprint density at radius 2 is 1.95 bits per heavy atom. The highest BCUT2D eigenvalue weighted by atomic mass is 79.9. The van der Waals surface area contributed by atoms with Gasteiger partial charge in [0.15, 0.2) is 0 Å². The zero-order chi connectivity index (χ0) is 14.7. The first-order chi connectivity index (χ1) is 10.2. The summed E-state index contributed by atoms with van der Waals surface area (Å²) in [6.45, 7) is 0. The van der Waals surface area contributed by atoms with E-state index in [-0.39, 0.29) is 5.91 Å². The largest absolute Gasteiger partial charge is 0.307 e. The molecule has 2 aromatic heterocycles. The fourth-order valence-corrected chi connectivity index (χ4v) is 2.06. The first-order valence-electron chi connectivity index (χ1n) is 6.25. The van der Waals surface area contributed by atoms with E-state index in [1.165, 1.54) is 0 Å². The predicted molar refractivity (Wildman–Crippen MR) is 83.5 cm³/mol. The van der Waals surface area contributed by atoms with Crippen LogP contribution in [0.25, 0.3) is 5.69 Å². The maximum absolute atomic E-state index is 12.1. The standard InChI is InChI=1S/C15H11BrN4O/c16-12-4-7-14(17-10-12)19-15(21)11-2-5-13(6-3-11)20-9-1-8-18-20/h1-10H,(H,17,19,21). The van der Waals surface area contributed by atoms with Gasteiger partial charge >= 0.3 is 0 Å². The Labute approximate surface area is 129 Å². The molecule has 0 aliphatic heterocycles. The lowest BCUT2D eigenvalue weighted by molar-refractivity contribution is 0.102. The zero-order valence-corrected chi connectivity index (χ0v) is 12.5. The minimum Gasteiger partial charge on any atom is -0.307 e. The van der Waals surface area contributed by atoms with Gasteiger partial charge in [-0.1, -0.05) is 0 Å². The first-order valence-corrected chi connectivity index (χ1v) is 7.05. The second-order valence-corrected chi connectivity index (χ2v) is 5.23. The molecule has 104 valence electrons. The van der Waals surface area contributed by atoms with Gasteiger partial charge in [-0.2, -0.15) is 5.10 Å².